The second kappa shape index (κ2) is 5.99. The lowest BCUT2D eigenvalue weighted by molar-refractivity contribution is 0.0236. The zero-order valence-electron chi connectivity index (χ0n) is 8.46. The van der Waals surface area contributed by atoms with Gasteiger partial charge in [0.25, 0.3) is 0 Å². The summed E-state index contributed by atoms with van der Waals surface area (Å²) < 4.78 is 5.69. The van der Waals surface area contributed by atoms with Crippen molar-refractivity contribution < 1.29 is 4.74 Å². The largest absolute Gasteiger partial charge is 0.377 e. The van der Waals surface area contributed by atoms with Crippen molar-refractivity contribution in [2.24, 2.45) is 5.92 Å². The summed E-state index contributed by atoms with van der Waals surface area (Å²) in [6, 6.07) is 2.38. The summed E-state index contributed by atoms with van der Waals surface area (Å²) in [5, 5.41) is 8.96. The second-order valence-electron chi connectivity index (χ2n) is 3.78. The van der Waals surface area contributed by atoms with E-state index in [1.165, 1.54) is 19.3 Å². The molecule has 2 nitrogen and oxygen atoms in total. The molecule has 2 heteroatoms. The monoisotopic (exact) mass is 181 g/mol. The van der Waals surface area contributed by atoms with Gasteiger partial charge in [-0.15, -0.1) is 0 Å². The first-order valence-electron chi connectivity index (χ1n) is 5.39. The molecule has 0 aromatic heterocycles. The van der Waals surface area contributed by atoms with Crippen molar-refractivity contribution in [3.8, 4) is 6.07 Å². The van der Waals surface area contributed by atoms with Gasteiger partial charge in [0.2, 0.25) is 0 Å². The lowest BCUT2D eigenvalue weighted by atomic mass is 9.99. The Morgan fingerprint density at radius 1 is 1.31 bits per heavy atom. The molecule has 0 radical (unpaired) electrons. The van der Waals surface area contributed by atoms with Gasteiger partial charge >= 0.3 is 0 Å². The zero-order chi connectivity index (χ0) is 9.52. The highest BCUT2D eigenvalue weighted by Gasteiger charge is 2.23. The summed E-state index contributed by atoms with van der Waals surface area (Å²) in [7, 11) is 0. The summed E-state index contributed by atoms with van der Waals surface area (Å²) in [6.07, 6.45) is 7.08. The average molecular weight is 181 g/mol. The van der Waals surface area contributed by atoms with Crippen molar-refractivity contribution in [3.63, 3.8) is 0 Å². The maximum Gasteiger partial charge on any atom is 0.0733 e. The number of rotatable bonds is 3. The van der Waals surface area contributed by atoms with Crippen LogP contribution in [0.25, 0.3) is 0 Å². The summed E-state index contributed by atoms with van der Waals surface area (Å²) in [5.41, 5.74) is 0. The van der Waals surface area contributed by atoms with Crippen LogP contribution >= 0.6 is 0 Å². The fourth-order valence-corrected chi connectivity index (χ4v) is 1.89. The molecule has 2 atom stereocenters. The number of hydrogen-bond acceptors (Lipinski definition) is 2. The minimum Gasteiger partial charge on any atom is -0.377 e. The van der Waals surface area contributed by atoms with Crippen LogP contribution in [0.1, 0.15) is 45.4 Å². The van der Waals surface area contributed by atoms with Crippen LogP contribution in [0, 0.1) is 17.2 Å². The fraction of sp³-hybridized carbons (Fsp3) is 0.909. The number of hydrogen-bond donors (Lipinski definition) is 0. The van der Waals surface area contributed by atoms with E-state index in [0.29, 0.717) is 0 Å². The summed E-state index contributed by atoms with van der Waals surface area (Å²) in [6.45, 7) is 2.92. The van der Waals surface area contributed by atoms with E-state index in [1.807, 2.05) is 0 Å². The van der Waals surface area contributed by atoms with Gasteiger partial charge in [0.05, 0.1) is 18.1 Å². The number of nitrogens with zero attached hydrogens (tertiary/aromatic N) is 1. The molecule has 1 aliphatic carbocycles. The van der Waals surface area contributed by atoms with Crippen LogP contribution < -0.4 is 0 Å². The third-order valence-corrected chi connectivity index (χ3v) is 2.65. The van der Waals surface area contributed by atoms with Crippen molar-refractivity contribution >= 4 is 0 Å². The Balaban J connectivity index is 2.40. The predicted octanol–water partition coefficient (Wildman–Crippen LogP) is 2.89. The summed E-state index contributed by atoms with van der Waals surface area (Å²) >= 11 is 0. The molecule has 0 saturated heterocycles. The lowest BCUT2D eigenvalue weighted by Crippen LogP contribution is -2.22. The first-order chi connectivity index (χ1) is 6.38. The second-order valence-corrected chi connectivity index (χ2v) is 3.78. The first kappa shape index (κ1) is 10.5. The van der Waals surface area contributed by atoms with E-state index in [2.05, 4.69) is 13.0 Å². The molecule has 13 heavy (non-hydrogen) atoms. The highest BCUT2D eigenvalue weighted by atomic mass is 16.5. The minimum atomic E-state index is 0.147. The molecule has 0 spiro atoms. The average Bonchev–Trinajstić information content (AvgIpc) is 2.39. The first-order valence-corrected chi connectivity index (χ1v) is 5.39. The van der Waals surface area contributed by atoms with Crippen LogP contribution in [0.3, 0.4) is 0 Å². The van der Waals surface area contributed by atoms with Crippen LogP contribution in [0.5, 0.6) is 0 Å². The van der Waals surface area contributed by atoms with Crippen molar-refractivity contribution in [2.45, 2.75) is 51.6 Å². The molecule has 1 fully saturated rings. The Bertz CT molecular complexity index is 173. The van der Waals surface area contributed by atoms with Gasteiger partial charge in [-0.25, -0.2) is 0 Å². The highest BCUT2D eigenvalue weighted by molar-refractivity contribution is 4.90. The Labute approximate surface area is 80.9 Å². The highest BCUT2D eigenvalue weighted by Crippen LogP contribution is 2.25. The molecule has 2 unspecified atom stereocenters. The molecule has 1 aliphatic rings. The smallest absolute Gasteiger partial charge is 0.0733 e. The van der Waals surface area contributed by atoms with Crippen molar-refractivity contribution in [2.75, 3.05) is 6.61 Å². The van der Waals surface area contributed by atoms with Crippen molar-refractivity contribution in [1.29, 1.82) is 5.26 Å². The Morgan fingerprint density at radius 3 is 2.77 bits per heavy atom. The Hall–Kier alpha value is -0.550. The lowest BCUT2D eigenvalue weighted by Gasteiger charge is -2.19. The summed E-state index contributed by atoms with van der Waals surface area (Å²) in [4.78, 5) is 0. The molecule has 0 amide bonds. The molecule has 0 heterocycles. The van der Waals surface area contributed by atoms with E-state index in [1.54, 1.807) is 0 Å². The van der Waals surface area contributed by atoms with Crippen molar-refractivity contribution in [3.05, 3.63) is 0 Å². The number of nitriles is 1. The molecule has 0 aromatic carbocycles. The SMILES string of the molecule is CCCOC1CCCCCC1C#N. The van der Waals surface area contributed by atoms with Crippen LogP contribution in [-0.2, 0) is 4.74 Å². The molecular weight excluding hydrogens is 162 g/mol. The van der Waals surface area contributed by atoms with Gasteiger partial charge in [0, 0.05) is 6.61 Å². The zero-order valence-corrected chi connectivity index (χ0v) is 8.46. The standard InChI is InChI=1S/C11H19NO/c1-2-8-13-11-7-5-3-4-6-10(11)9-12/h10-11H,2-8H2,1H3. The normalized spacial score (nSPS) is 29.2. The molecule has 0 bridgehead atoms. The summed E-state index contributed by atoms with van der Waals surface area (Å²) in [5.74, 6) is 0.147. The van der Waals surface area contributed by atoms with Crippen LogP contribution in [-0.4, -0.2) is 12.7 Å². The van der Waals surface area contributed by atoms with Gasteiger partial charge in [-0.1, -0.05) is 26.2 Å². The molecule has 74 valence electrons. The van der Waals surface area contributed by atoms with E-state index in [4.69, 9.17) is 10.00 Å². The Morgan fingerprint density at radius 2 is 2.08 bits per heavy atom. The van der Waals surface area contributed by atoms with E-state index >= 15 is 0 Å². The van der Waals surface area contributed by atoms with Gasteiger partial charge in [-0.3, -0.25) is 0 Å². The molecule has 1 saturated carbocycles. The maximum absolute atomic E-state index is 8.96. The third-order valence-electron chi connectivity index (χ3n) is 2.65. The molecule has 0 aliphatic heterocycles. The minimum absolute atomic E-state index is 0.147. The Kier molecular flexibility index (Phi) is 4.85. The van der Waals surface area contributed by atoms with Gasteiger partial charge in [-0.05, 0) is 19.3 Å². The van der Waals surface area contributed by atoms with Crippen LogP contribution in [0.15, 0.2) is 0 Å². The van der Waals surface area contributed by atoms with Crippen LogP contribution in [0.2, 0.25) is 0 Å². The van der Waals surface area contributed by atoms with Gasteiger partial charge in [0.15, 0.2) is 0 Å². The fourth-order valence-electron chi connectivity index (χ4n) is 1.89. The van der Waals surface area contributed by atoms with E-state index < -0.39 is 0 Å². The molecule has 0 aromatic rings. The van der Waals surface area contributed by atoms with E-state index in [-0.39, 0.29) is 12.0 Å². The maximum atomic E-state index is 8.96. The van der Waals surface area contributed by atoms with Crippen LogP contribution in [0.4, 0.5) is 0 Å². The molecular formula is C11H19NO. The van der Waals surface area contributed by atoms with Crippen molar-refractivity contribution in [1.82, 2.24) is 0 Å². The molecule has 1 rings (SSSR count). The number of ether oxygens (including phenoxy) is 1. The van der Waals surface area contributed by atoms with E-state index in [0.717, 1.165) is 25.9 Å². The van der Waals surface area contributed by atoms with E-state index in [9.17, 15) is 0 Å². The van der Waals surface area contributed by atoms with Gasteiger partial charge in [-0.2, -0.15) is 5.26 Å². The predicted molar refractivity (Wildman–Crippen MR) is 52.2 cm³/mol. The molecule has 0 N–H and O–H groups in total. The van der Waals surface area contributed by atoms with Gasteiger partial charge < -0.3 is 4.74 Å². The third kappa shape index (κ3) is 3.36. The van der Waals surface area contributed by atoms with Gasteiger partial charge in [0.1, 0.15) is 0 Å². The topological polar surface area (TPSA) is 33.0 Å². The quantitative estimate of drug-likeness (QED) is 0.627.